The van der Waals surface area contributed by atoms with E-state index in [4.69, 9.17) is 4.99 Å². The molecular weight excluding hydrogens is 326 g/mol. The summed E-state index contributed by atoms with van der Waals surface area (Å²) in [6.45, 7) is 8.46. The number of nitrogens with zero attached hydrogens (tertiary/aromatic N) is 1. The normalized spacial score (nSPS) is 12.8. The Balaban J connectivity index is 1.90. The summed E-state index contributed by atoms with van der Waals surface area (Å²) in [4.78, 5) is 4.93. The van der Waals surface area contributed by atoms with E-state index in [9.17, 15) is 0 Å². The van der Waals surface area contributed by atoms with Gasteiger partial charge in [-0.2, -0.15) is 0 Å². The maximum Gasteiger partial charge on any atom is 0.0799 e. The summed E-state index contributed by atoms with van der Waals surface area (Å²) in [5.74, 6) is 0.158. The number of allylic oxidation sites excluding steroid dienone is 1. The molecular formula is C26H27N. The molecule has 0 bridgehead atoms. The van der Waals surface area contributed by atoms with Crippen LogP contribution in [0.2, 0.25) is 0 Å². The molecule has 3 rings (SSSR count). The van der Waals surface area contributed by atoms with Gasteiger partial charge in [-0.3, -0.25) is 4.99 Å². The van der Waals surface area contributed by atoms with Gasteiger partial charge in [-0.1, -0.05) is 91.0 Å². The molecule has 3 aromatic rings. The van der Waals surface area contributed by atoms with Crippen LogP contribution in [0.3, 0.4) is 0 Å². The van der Waals surface area contributed by atoms with Gasteiger partial charge in [-0.15, -0.1) is 6.58 Å². The van der Waals surface area contributed by atoms with E-state index >= 15 is 0 Å². The summed E-state index contributed by atoms with van der Waals surface area (Å²) in [6.07, 6.45) is 4.91. The van der Waals surface area contributed by atoms with Crippen LogP contribution in [-0.2, 0) is 12.0 Å². The smallest absolute Gasteiger partial charge is 0.0799 e. The lowest BCUT2D eigenvalue weighted by Gasteiger charge is -2.27. The van der Waals surface area contributed by atoms with Crippen LogP contribution < -0.4 is 0 Å². The Morgan fingerprint density at radius 1 is 0.852 bits per heavy atom. The minimum absolute atomic E-state index is 0.158. The molecule has 0 saturated carbocycles. The summed E-state index contributed by atoms with van der Waals surface area (Å²) in [6, 6.07) is 29.6. The van der Waals surface area contributed by atoms with Crippen molar-refractivity contribution in [2.24, 2.45) is 4.99 Å². The molecule has 0 aliphatic carbocycles. The predicted octanol–water partition coefficient (Wildman–Crippen LogP) is 6.55. The number of hydrogen-bond acceptors (Lipinski definition) is 1. The SMILES string of the molecule is C=CC(c1ccccc1)c1ccccc1C(C)(C)N=CCc1ccccc1. The summed E-state index contributed by atoms with van der Waals surface area (Å²) in [5.41, 5.74) is 4.73. The average molecular weight is 354 g/mol. The fraction of sp³-hybridized carbons (Fsp3) is 0.192. The molecule has 0 aliphatic rings. The largest absolute Gasteiger partial charge is 0.286 e. The van der Waals surface area contributed by atoms with Gasteiger partial charge in [0.25, 0.3) is 0 Å². The molecule has 27 heavy (non-hydrogen) atoms. The van der Waals surface area contributed by atoms with Gasteiger partial charge < -0.3 is 0 Å². The zero-order valence-corrected chi connectivity index (χ0v) is 16.2. The number of rotatable bonds is 7. The summed E-state index contributed by atoms with van der Waals surface area (Å²) in [7, 11) is 0. The van der Waals surface area contributed by atoms with E-state index in [-0.39, 0.29) is 11.5 Å². The predicted molar refractivity (Wildman–Crippen MR) is 117 cm³/mol. The van der Waals surface area contributed by atoms with Gasteiger partial charge in [0.2, 0.25) is 0 Å². The molecule has 3 aromatic carbocycles. The third-order valence-electron chi connectivity index (χ3n) is 4.93. The lowest BCUT2D eigenvalue weighted by molar-refractivity contribution is 0.552. The molecule has 1 unspecified atom stereocenters. The van der Waals surface area contributed by atoms with Gasteiger partial charge in [-0.05, 0) is 36.1 Å². The molecule has 1 heteroatoms. The van der Waals surface area contributed by atoms with Crippen LogP contribution in [0.25, 0.3) is 0 Å². The quantitative estimate of drug-likeness (QED) is 0.337. The lowest BCUT2D eigenvalue weighted by atomic mass is 9.82. The molecule has 0 spiro atoms. The third kappa shape index (κ3) is 4.62. The highest BCUT2D eigenvalue weighted by molar-refractivity contribution is 5.62. The van der Waals surface area contributed by atoms with E-state index in [1.54, 1.807) is 0 Å². The third-order valence-corrected chi connectivity index (χ3v) is 4.93. The molecule has 0 heterocycles. The van der Waals surface area contributed by atoms with Crippen molar-refractivity contribution in [1.82, 2.24) is 0 Å². The van der Waals surface area contributed by atoms with Crippen molar-refractivity contribution in [3.8, 4) is 0 Å². The van der Waals surface area contributed by atoms with E-state index in [0.29, 0.717) is 0 Å². The van der Waals surface area contributed by atoms with Gasteiger partial charge in [0.1, 0.15) is 0 Å². The van der Waals surface area contributed by atoms with Gasteiger partial charge in [0.05, 0.1) is 5.54 Å². The van der Waals surface area contributed by atoms with Gasteiger partial charge in [-0.25, -0.2) is 0 Å². The second-order valence-electron chi connectivity index (χ2n) is 7.27. The van der Waals surface area contributed by atoms with Crippen molar-refractivity contribution in [2.75, 3.05) is 0 Å². The zero-order valence-electron chi connectivity index (χ0n) is 16.2. The van der Waals surface area contributed by atoms with Crippen LogP contribution in [0.15, 0.2) is 103 Å². The highest BCUT2D eigenvalue weighted by Gasteiger charge is 2.25. The highest BCUT2D eigenvalue weighted by atomic mass is 14.8. The molecule has 0 aromatic heterocycles. The topological polar surface area (TPSA) is 12.4 Å². The Kier molecular flexibility index (Phi) is 6.03. The van der Waals surface area contributed by atoms with Crippen molar-refractivity contribution in [3.63, 3.8) is 0 Å². The van der Waals surface area contributed by atoms with Crippen LogP contribution >= 0.6 is 0 Å². The molecule has 1 atom stereocenters. The molecule has 0 aliphatic heterocycles. The van der Waals surface area contributed by atoms with Crippen molar-refractivity contribution in [2.45, 2.75) is 31.7 Å². The lowest BCUT2D eigenvalue weighted by Crippen LogP contribution is -2.18. The van der Waals surface area contributed by atoms with Crippen LogP contribution in [0, 0.1) is 0 Å². The van der Waals surface area contributed by atoms with Gasteiger partial charge in [0.15, 0.2) is 0 Å². The second-order valence-corrected chi connectivity index (χ2v) is 7.27. The Morgan fingerprint density at radius 2 is 1.44 bits per heavy atom. The van der Waals surface area contributed by atoms with Crippen LogP contribution in [0.1, 0.15) is 42.0 Å². The summed E-state index contributed by atoms with van der Waals surface area (Å²) < 4.78 is 0. The maximum atomic E-state index is 4.93. The van der Waals surface area contributed by atoms with E-state index in [0.717, 1.165) is 6.42 Å². The first-order valence-corrected chi connectivity index (χ1v) is 9.46. The molecule has 0 fully saturated rings. The van der Waals surface area contributed by atoms with Crippen molar-refractivity contribution >= 4 is 6.21 Å². The van der Waals surface area contributed by atoms with E-state index < -0.39 is 0 Å². The van der Waals surface area contributed by atoms with Gasteiger partial charge in [0, 0.05) is 18.6 Å². The van der Waals surface area contributed by atoms with Crippen LogP contribution in [0.4, 0.5) is 0 Å². The molecule has 0 saturated heterocycles. The molecule has 0 amide bonds. The van der Waals surface area contributed by atoms with Gasteiger partial charge >= 0.3 is 0 Å². The molecule has 0 radical (unpaired) electrons. The highest BCUT2D eigenvalue weighted by Crippen LogP contribution is 2.35. The Bertz CT molecular complexity index is 892. The van der Waals surface area contributed by atoms with Crippen LogP contribution in [0.5, 0.6) is 0 Å². The minimum atomic E-state index is -0.304. The first-order valence-electron chi connectivity index (χ1n) is 9.46. The fourth-order valence-electron chi connectivity index (χ4n) is 3.49. The van der Waals surface area contributed by atoms with E-state index in [1.807, 2.05) is 24.4 Å². The van der Waals surface area contributed by atoms with Crippen LogP contribution in [-0.4, -0.2) is 6.21 Å². The zero-order chi connectivity index (χ0) is 19.1. The first kappa shape index (κ1) is 18.8. The summed E-state index contributed by atoms with van der Waals surface area (Å²) in [5, 5.41) is 0. The fourth-order valence-corrected chi connectivity index (χ4v) is 3.49. The average Bonchev–Trinajstić information content (AvgIpc) is 2.70. The molecule has 1 nitrogen and oxygen atoms in total. The molecule has 0 N–H and O–H groups in total. The van der Waals surface area contributed by atoms with E-state index in [1.165, 1.54) is 22.3 Å². The number of aliphatic imine (C=N–C) groups is 1. The summed E-state index contributed by atoms with van der Waals surface area (Å²) >= 11 is 0. The Labute approximate surface area is 163 Å². The number of benzene rings is 3. The first-order chi connectivity index (χ1) is 13.1. The molecule has 136 valence electrons. The maximum absolute atomic E-state index is 4.93. The van der Waals surface area contributed by atoms with Crippen molar-refractivity contribution in [1.29, 1.82) is 0 Å². The second kappa shape index (κ2) is 8.64. The van der Waals surface area contributed by atoms with E-state index in [2.05, 4.69) is 93.2 Å². The van der Waals surface area contributed by atoms with Crippen molar-refractivity contribution in [3.05, 3.63) is 120 Å². The standard InChI is InChI=1S/C26H27N/c1-4-23(22-15-9-6-10-16-22)24-17-11-12-18-25(24)26(2,3)27-20-19-21-13-7-5-8-14-21/h4-18,20,23H,1,19H2,2-3H3. The number of hydrogen-bond donors (Lipinski definition) is 0. The van der Waals surface area contributed by atoms with Crippen molar-refractivity contribution < 1.29 is 0 Å². The monoisotopic (exact) mass is 353 g/mol. The minimum Gasteiger partial charge on any atom is -0.286 e. The Morgan fingerprint density at radius 3 is 2.11 bits per heavy atom. The Hall–Kier alpha value is -2.93.